The van der Waals surface area contributed by atoms with E-state index < -0.39 is 0 Å². The molecule has 9 atom stereocenters. The van der Waals surface area contributed by atoms with E-state index in [-0.39, 0.29) is 35.0 Å². The number of esters is 2. The van der Waals surface area contributed by atoms with Crippen molar-refractivity contribution in [2.45, 2.75) is 91.3 Å². The van der Waals surface area contributed by atoms with Crippen LogP contribution in [0.25, 0.3) is 0 Å². The molecule has 0 saturated heterocycles. The third-order valence-corrected chi connectivity index (χ3v) is 9.69. The molecule has 4 nitrogen and oxygen atoms in total. The van der Waals surface area contributed by atoms with Crippen molar-refractivity contribution in [3.63, 3.8) is 0 Å². The van der Waals surface area contributed by atoms with Crippen LogP contribution in [-0.4, -0.2) is 24.1 Å². The van der Waals surface area contributed by atoms with E-state index in [1.54, 1.807) is 6.92 Å². The van der Waals surface area contributed by atoms with Crippen molar-refractivity contribution in [2.75, 3.05) is 0 Å². The van der Waals surface area contributed by atoms with Crippen LogP contribution in [0.1, 0.15) is 79.1 Å². The van der Waals surface area contributed by atoms with Gasteiger partial charge >= 0.3 is 11.9 Å². The maximum absolute atomic E-state index is 12.0. The van der Waals surface area contributed by atoms with Crippen molar-refractivity contribution < 1.29 is 19.1 Å². The lowest BCUT2D eigenvalue weighted by Gasteiger charge is -2.62. The summed E-state index contributed by atoms with van der Waals surface area (Å²) < 4.78 is 11.6. The summed E-state index contributed by atoms with van der Waals surface area (Å²) in [7, 11) is 0. The monoisotopic (exact) mass is 402 g/mol. The molecule has 0 aromatic rings. The number of rotatable bonds is 3. The molecular formula is C25H38O4. The van der Waals surface area contributed by atoms with Gasteiger partial charge in [-0.2, -0.15) is 0 Å². The molecule has 4 rings (SSSR count). The van der Waals surface area contributed by atoms with E-state index in [2.05, 4.69) is 26.5 Å². The van der Waals surface area contributed by atoms with Gasteiger partial charge in [-0.1, -0.05) is 19.9 Å². The Bertz CT molecular complexity index is 686. The predicted octanol–water partition coefficient (Wildman–Crippen LogP) is 5.30. The Balaban J connectivity index is 1.62. The minimum Gasteiger partial charge on any atom is -0.463 e. The Kier molecular flexibility index (Phi) is 5.36. The summed E-state index contributed by atoms with van der Waals surface area (Å²) in [5.74, 6) is 2.63. The summed E-state index contributed by atoms with van der Waals surface area (Å²) in [6.45, 7) is 12.0. The fraction of sp³-hybridized carbons (Fsp3) is 0.840. The fourth-order valence-corrected chi connectivity index (χ4v) is 8.31. The molecule has 0 heterocycles. The van der Waals surface area contributed by atoms with Gasteiger partial charge in [-0.15, -0.1) is 6.58 Å². The van der Waals surface area contributed by atoms with Crippen LogP contribution in [0.5, 0.6) is 0 Å². The van der Waals surface area contributed by atoms with Crippen LogP contribution < -0.4 is 0 Å². The lowest BCUT2D eigenvalue weighted by Crippen LogP contribution is -2.59. The maximum Gasteiger partial charge on any atom is 0.302 e. The second kappa shape index (κ2) is 7.42. The van der Waals surface area contributed by atoms with Crippen LogP contribution in [0.2, 0.25) is 0 Å². The molecule has 0 aromatic carbocycles. The van der Waals surface area contributed by atoms with E-state index >= 15 is 0 Å². The fourth-order valence-electron chi connectivity index (χ4n) is 8.31. The van der Waals surface area contributed by atoms with Gasteiger partial charge in [0.05, 0.1) is 0 Å². The van der Waals surface area contributed by atoms with E-state index in [4.69, 9.17) is 9.47 Å². The summed E-state index contributed by atoms with van der Waals surface area (Å²) in [6, 6.07) is 0. The predicted molar refractivity (Wildman–Crippen MR) is 112 cm³/mol. The van der Waals surface area contributed by atoms with Gasteiger partial charge in [-0.25, -0.2) is 0 Å². The van der Waals surface area contributed by atoms with Gasteiger partial charge < -0.3 is 9.47 Å². The molecule has 4 aliphatic rings. The van der Waals surface area contributed by atoms with Crippen molar-refractivity contribution in [2.24, 2.45) is 40.4 Å². The van der Waals surface area contributed by atoms with Gasteiger partial charge in [-0.05, 0) is 86.4 Å². The van der Waals surface area contributed by atoms with E-state index in [1.165, 1.54) is 32.6 Å². The zero-order chi connectivity index (χ0) is 21.0. The van der Waals surface area contributed by atoms with Gasteiger partial charge in [0.25, 0.3) is 0 Å². The Morgan fingerprint density at radius 1 is 0.931 bits per heavy atom. The highest BCUT2D eigenvalue weighted by molar-refractivity contribution is 5.66. The molecule has 0 bridgehead atoms. The number of allylic oxidation sites excluding steroid dienone is 1. The van der Waals surface area contributed by atoms with Crippen LogP contribution in [0.3, 0.4) is 0 Å². The van der Waals surface area contributed by atoms with Crippen LogP contribution in [0, 0.1) is 40.4 Å². The van der Waals surface area contributed by atoms with E-state index in [0.29, 0.717) is 29.6 Å². The van der Waals surface area contributed by atoms with Crippen molar-refractivity contribution in [3.8, 4) is 0 Å². The first-order valence-corrected chi connectivity index (χ1v) is 11.7. The largest absolute Gasteiger partial charge is 0.463 e. The number of fused-ring (bicyclic) bond motifs is 5. The van der Waals surface area contributed by atoms with Crippen molar-refractivity contribution in [3.05, 3.63) is 12.7 Å². The second-order valence-corrected chi connectivity index (χ2v) is 10.8. The molecule has 0 radical (unpaired) electrons. The minimum absolute atomic E-state index is 0.0153. The molecule has 0 amide bonds. The topological polar surface area (TPSA) is 52.6 Å². The third kappa shape index (κ3) is 3.25. The van der Waals surface area contributed by atoms with Crippen LogP contribution in [-0.2, 0) is 19.1 Å². The Labute approximate surface area is 175 Å². The first-order valence-electron chi connectivity index (χ1n) is 11.7. The first-order chi connectivity index (χ1) is 13.7. The van der Waals surface area contributed by atoms with Crippen LogP contribution in [0.4, 0.5) is 0 Å². The quantitative estimate of drug-likeness (QED) is 0.474. The molecule has 0 unspecified atom stereocenters. The molecule has 0 N–H and O–H groups in total. The number of hydrogen-bond donors (Lipinski definition) is 0. The highest BCUT2D eigenvalue weighted by Gasteiger charge is 2.64. The summed E-state index contributed by atoms with van der Waals surface area (Å²) in [5, 5.41) is 0. The number of ether oxygens (including phenoxy) is 2. The maximum atomic E-state index is 12.0. The standard InChI is InChI=1S/C25H38O4/c1-6-17-8-10-21-20-9-7-18-13-19(28-15(2)26)11-12-24(18,4)22(20)14-23(25(17,21)5)29-16(3)27/h6,17-23H,1,7-14H2,2-5H3/t17-,18-,19-,20-,21-,22-,23-,24-,25+/m0/s1. The SMILES string of the molecule is C=C[C@H]1CC[C@H]2[C@@H]3CC[C@H]4C[C@@H](OC(C)=O)CC[C@]4(C)[C@H]3C[C@H](OC(C)=O)[C@]12C. The number of carbonyl (C=O) groups is 2. The summed E-state index contributed by atoms with van der Waals surface area (Å²) in [4.78, 5) is 23.5. The van der Waals surface area contributed by atoms with Gasteiger partial charge in [0.1, 0.15) is 12.2 Å². The van der Waals surface area contributed by atoms with E-state index in [9.17, 15) is 9.59 Å². The molecule has 162 valence electrons. The van der Waals surface area contributed by atoms with Crippen LogP contribution in [0.15, 0.2) is 12.7 Å². The molecule has 4 heteroatoms. The van der Waals surface area contributed by atoms with Gasteiger partial charge in [0.15, 0.2) is 0 Å². The van der Waals surface area contributed by atoms with Gasteiger partial charge in [0.2, 0.25) is 0 Å². The van der Waals surface area contributed by atoms with Crippen molar-refractivity contribution in [1.29, 1.82) is 0 Å². The third-order valence-electron chi connectivity index (χ3n) is 9.69. The lowest BCUT2D eigenvalue weighted by molar-refractivity contribution is -0.192. The zero-order valence-corrected chi connectivity index (χ0v) is 18.6. The lowest BCUT2D eigenvalue weighted by atomic mass is 9.44. The molecular weight excluding hydrogens is 364 g/mol. The molecule has 0 aromatic heterocycles. The van der Waals surface area contributed by atoms with E-state index in [0.717, 1.165) is 25.7 Å². The van der Waals surface area contributed by atoms with Crippen LogP contribution >= 0.6 is 0 Å². The van der Waals surface area contributed by atoms with Crippen molar-refractivity contribution >= 4 is 11.9 Å². The minimum atomic E-state index is -0.155. The van der Waals surface area contributed by atoms with Gasteiger partial charge in [0, 0.05) is 19.3 Å². The normalized spacial score (nSPS) is 48.6. The average molecular weight is 403 g/mol. The second-order valence-electron chi connectivity index (χ2n) is 10.8. The number of carbonyl (C=O) groups excluding carboxylic acids is 2. The molecule has 0 aliphatic heterocycles. The highest BCUT2D eigenvalue weighted by Crippen LogP contribution is 2.68. The summed E-state index contributed by atoms with van der Waals surface area (Å²) in [5.41, 5.74) is 0.276. The average Bonchev–Trinajstić information content (AvgIpc) is 2.99. The molecule has 4 aliphatic carbocycles. The Morgan fingerprint density at radius 3 is 2.31 bits per heavy atom. The smallest absolute Gasteiger partial charge is 0.302 e. The number of hydrogen-bond acceptors (Lipinski definition) is 4. The molecule has 4 fully saturated rings. The highest BCUT2D eigenvalue weighted by atomic mass is 16.5. The molecule has 0 spiro atoms. The molecule has 29 heavy (non-hydrogen) atoms. The summed E-state index contributed by atoms with van der Waals surface area (Å²) in [6.07, 6.45) is 11.1. The van der Waals surface area contributed by atoms with Crippen molar-refractivity contribution in [1.82, 2.24) is 0 Å². The Morgan fingerprint density at radius 2 is 1.66 bits per heavy atom. The summed E-state index contributed by atoms with van der Waals surface area (Å²) >= 11 is 0. The Hall–Kier alpha value is -1.32. The molecule has 4 saturated carbocycles. The zero-order valence-electron chi connectivity index (χ0n) is 18.6. The first kappa shape index (κ1) is 20.9. The van der Waals surface area contributed by atoms with E-state index in [1.807, 2.05) is 0 Å². The van der Waals surface area contributed by atoms with Gasteiger partial charge in [-0.3, -0.25) is 9.59 Å².